The fraction of sp³-hybridized carbons (Fsp3) is 1.00. The van der Waals surface area contributed by atoms with Gasteiger partial charge < -0.3 is 82.6 Å². The Bertz CT molecular complexity index is 756. The van der Waals surface area contributed by atoms with Crippen molar-refractivity contribution in [1.82, 2.24) is 5.32 Å². The summed E-state index contributed by atoms with van der Waals surface area (Å²) in [6.45, 7) is -0.508. The second kappa shape index (κ2) is 11.8. The van der Waals surface area contributed by atoms with Crippen LogP contribution in [0.15, 0.2) is 0 Å². The minimum atomic E-state index is -1.54. The van der Waals surface area contributed by atoms with Crippen LogP contribution in [0.1, 0.15) is 12.8 Å². The van der Waals surface area contributed by atoms with Crippen molar-refractivity contribution in [2.24, 2.45) is 22.9 Å². The minimum absolute atomic E-state index is 0.156. The van der Waals surface area contributed by atoms with Crippen molar-refractivity contribution in [3.8, 4) is 0 Å². The number of aliphatic hydroxyl groups is 6. The Labute approximate surface area is 213 Å². The predicted octanol–water partition coefficient (Wildman–Crippen LogP) is -6.95. The first-order valence-electron chi connectivity index (χ1n) is 12.5. The first-order valence-corrected chi connectivity index (χ1v) is 12.5. The van der Waals surface area contributed by atoms with E-state index in [4.69, 9.17) is 46.6 Å². The molecule has 0 amide bonds. The normalized spacial score (nSPS) is 55.1. The maximum atomic E-state index is 11.1. The number of nitrogens with one attached hydrogen (secondary N) is 1. The molecule has 1 aliphatic carbocycles. The van der Waals surface area contributed by atoms with E-state index >= 15 is 0 Å². The molecule has 3 saturated heterocycles. The van der Waals surface area contributed by atoms with Gasteiger partial charge >= 0.3 is 0 Å². The zero-order chi connectivity index (χ0) is 27.2. The van der Waals surface area contributed by atoms with Crippen LogP contribution < -0.4 is 28.3 Å². The average Bonchev–Trinajstić information content (AvgIpc) is 2.86. The third kappa shape index (κ3) is 5.66. The van der Waals surface area contributed by atoms with Crippen molar-refractivity contribution >= 4 is 0 Å². The molecule has 17 atom stereocenters. The Hall–Kier alpha value is -0.640. The van der Waals surface area contributed by atoms with E-state index in [1.54, 1.807) is 7.05 Å². The lowest BCUT2D eigenvalue weighted by Gasteiger charge is -2.51. The highest BCUT2D eigenvalue weighted by Crippen LogP contribution is 2.35. The Balaban J connectivity index is 1.43. The lowest BCUT2D eigenvalue weighted by molar-refractivity contribution is -0.373. The predicted molar refractivity (Wildman–Crippen MR) is 123 cm³/mol. The molecule has 4 fully saturated rings. The van der Waals surface area contributed by atoms with Crippen LogP contribution in [0, 0.1) is 0 Å². The van der Waals surface area contributed by atoms with E-state index in [1.807, 2.05) is 0 Å². The van der Waals surface area contributed by atoms with Crippen LogP contribution in [-0.2, 0) is 23.7 Å². The third-order valence-corrected chi connectivity index (χ3v) is 7.74. The Morgan fingerprint density at radius 2 is 1.43 bits per heavy atom. The van der Waals surface area contributed by atoms with Gasteiger partial charge in [-0.3, -0.25) is 0 Å². The van der Waals surface area contributed by atoms with Crippen LogP contribution in [0.3, 0.4) is 0 Å². The molecule has 216 valence electrons. The van der Waals surface area contributed by atoms with Gasteiger partial charge in [0.25, 0.3) is 0 Å². The molecular weight excluding hydrogens is 498 g/mol. The average molecular weight is 540 g/mol. The lowest BCUT2D eigenvalue weighted by Crippen LogP contribution is -2.70. The molecule has 0 spiro atoms. The maximum Gasteiger partial charge on any atom is 0.189 e. The summed E-state index contributed by atoms with van der Waals surface area (Å²) in [4.78, 5) is 0. The van der Waals surface area contributed by atoms with Gasteiger partial charge in [-0.1, -0.05) is 0 Å². The minimum Gasteiger partial charge on any atom is -0.394 e. The van der Waals surface area contributed by atoms with E-state index < -0.39 is 111 Å². The molecule has 0 aromatic rings. The number of rotatable bonds is 6. The molecule has 3 heterocycles. The van der Waals surface area contributed by atoms with Crippen LogP contribution in [-0.4, -0.2) is 148 Å². The van der Waals surface area contributed by atoms with Gasteiger partial charge in [0, 0.05) is 12.1 Å². The van der Waals surface area contributed by atoms with E-state index in [0.29, 0.717) is 0 Å². The van der Waals surface area contributed by atoms with E-state index in [-0.39, 0.29) is 12.8 Å². The third-order valence-electron chi connectivity index (χ3n) is 7.74. The second-order valence-corrected chi connectivity index (χ2v) is 10.3. The van der Waals surface area contributed by atoms with E-state index in [1.165, 1.54) is 0 Å². The summed E-state index contributed by atoms with van der Waals surface area (Å²) in [6, 6.07) is -4.05. The number of ether oxygens (including phenoxy) is 5. The van der Waals surface area contributed by atoms with Crippen molar-refractivity contribution in [3.05, 3.63) is 0 Å². The van der Waals surface area contributed by atoms with E-state index in [2.05, 4.69) is 5.32 Å². The van der Waals surface area contributed by atoms with Crippen molar-refractivity contribution in [1.29, 1.82) is 0 Å². The number of hydrogen-bond acceptors (Lipinski definition) is 16. The van der Waals surface area contributed by atoms with Crippen LogP contribution in [0.5, 0.6) is 0 Å². The summed E-state index contributed by atoms with van der Waals surface area (Å²) in [6.07, 6.45) is -13.7. The van der Waals surface area contributed by atoms with Crippen molar-refractivity contribution in [2.45, 2.75) is 117 Å². The van der Waals surface area contributed by atoms with Crippen molar-refractivity contribution < 1.29 is 54.3 Å². The maximum absolute atomic E-state index is 11.1. The Kier molecular flexibility index (Phi) is 9.40. The topological polar surface area (TPSA) is 284 Å². The molecule has 3 aliphatic heterocycles. The Morgan fingerprint density at radius 1 is 0.730 bits per heavy atom. The monoisotopic (exact) mass is 539 g/mol. The number of aliphatic hydroxyl groups excluding tert-OH is 6. The molecule has 1 saturated carbocycles. The highest BCUT2D eigenvalue weighted by Gasteiger charge is 2.54. The SMILES string of the molecule is CN[C@@H]1[C@H](O[C@@H]2O[C@H](CO)[C@H](N)[C@H](O)[C@@H]2O)O[C@@H]2C[C@H](N)[C@H](O[C@H]3[C@@H](O)[C@@H](O)[C@@H](N)C[C@H]3N)O[C@H]2[C@H]1O. The van der Waals surface area contributed by atoms with Crippen LogP contribution in [0.25, 0.3) is 0 Å². The molecule has 0 radical (unpaired) electrons. The van der Waals surface area contributed by atoms with Gasteiger partial charge in [0.2, 0.25) is 0 Å². The van der Waals surface area contributed by atoms with Crippen molar-refractivity contribution in [3.63, 3.8) is 0 Å². The zero-order valence-electron chi connectivity index (χ0n) is 20.5. The highest BCUT2D eigenvalue weighted by atomic mass is 16.8. The molecule has 15 N–H and O–H groups in total. The summed E-state index contributed by atoms with van der Waals surface area (Å²) in [5, 5.41) is 64.7. The summed E-state index contributed by atoms with van der Waals surface area (Å²) in [5.74, 6) is 0. The van der Waals surface area contributed by atoms with Crippen molar-refractivity contribution in [2.75, 3.05) is 13.7 Å². The second-order valence-electron chi connectivity index (χ2n) is 10.3. The van der Waals surface area contributed by atoms with Gasteiger partial charge in [0.05, 0.1) is 36.9 Å². The van der Waals surface area contributed by atoms with Gasteiger partial charge in [0.15, 0.2) is 18.9 Å². The van der Waals surface area contributed by atoms with Crippen LogP contribution >= 0.6 is 0 Å². The largest absolute Gasteiger partial charge is 0.394 e. The molecule has 4 aliphatic rings. The number of hydrogen-bond donors (Lipinski definition) is 11. The van der Waals surface area contributed by atoms with E-state index in [9.17, 15) is 30.6 Å². The summed E-state index contributed by atoms with van der Waals surface area (Å²) in [7, 11) is 1.55. The van der Waals surface area contributed by atoms with Gasteiger partial charge in [-0.15, -0.1) is 0 Å². The molecule has 4 rings (SSSR count). The molecule has 0 unspecified atom stereocenters. The lowest BCUT2D eigenvalue weighted by atomic mass is 9.84. The molecule has 16 heteroatoms. The van der Waals surface area contributed by atoms with Gasteiger partial charge in [-0.25, -0.2) is 0 Å². The molecule has 37 heavy (non-hydrogen) atoms. The standard InChI is InChI=1S/C21H41N5O11/c1-26-11-14(30)18-8(33-20(11)37-21-16(32)13(29)10(25)9(4-27)34-21)3-7(24)19(36-18)35-17-6(23)2-5(22)12(28)15(17)31/h5-21,26-32H,2-4,22-25H2,1H3/t5-,6+,7-,8+,9+,10-,11-,12-,13-,14-,15-,16-,17+,18+,19+,20-,21-/m0/s1. The smallest absolute Gasteiger partial charge is 0.189 e. The first kappa shape index (κ1) is 29.3. The summed E-state index contributed by atoms with van der Waals surface area (Å²) in [5.41, 5.74) is 24.0. The van der Waals surface area contributed by atoms with Crippen LogP contribution in [0.2, 0.25) is 0 Å². The summed E-state index contributed by atoms with van der Waals surface area (Å²) >= 11 is 0. The quantitative estimate of drug-likeness (QED) is 0.149. The Morgan fingerprint density at radius 3 is 2.08 bits per heavy atom. The van der Waals surface area contributed by atoms with E-state index in [0.717, 1.165) is 0 Å². The molecule has 16 nitrogen and oxygen atoms in total. The van der Waals surface area contributed by atoms with Crippen LogP contribution in [0.4, 0.5) is 0 Å². The number of fused-ring (bicyclic) bond motifs is 1. The number of likely N-dealkylation sites (N-methyl/N-ethyl adjacent to an activating group) is 1. The summed E-state index contributed by atoms with van der Waals surface area (Å²) < 4.78 is 29.2. The fourth-order valence-corrected chi connectivity index (χ4v) is 5.46. The fourth-order valence-electron chi connectivity index (χ4n) is 5.46. The molecule has 0 aromatic carbocycles. The van der Waals surface area contributed by atoms with Gasteiger partial charge in [-0.2, -0.15) is 0 Å². The number of nitrogens with two attached hydrogens (primary N) is 4. The molecule has 0 aromatic heterocycles. The highest BCUT2D eigenvalue weighted by molar-refractivity contribution is 5.01. The van der Waals surface area contributed by atoms with Gasteiger partial charge in [-0.05, 0) is 19.9 Å². The zero-order valence-corrected chi connectivity index (χ0v) is 20.5. The first-order chi connectivity index (χ1) is 17.5. The van der Waals surface area contributed by atoms with Gasteiger partial charge in [0.1, 0.15) is 42.7 Å². The molecule has 0 bridgehead atoms. The molecular formula is C21H41N5O11.